The molecule has 0 spiro atoms. The number of benzene rings is 2. The van der Waals surface area contributed by atoms with Crippen molar-refractivity contribution in [2.45, 2.75) is 12.8 Å². The van der Waals surface area contributed by atoms with Crippen LogP contribution in [-0.2, 0) is 4.79 Å². The normalized spacial score (nSPS) is 10.4. The van der Waals surface area contributed by atoms with Gasteiger partial charge in [-0.05, 0) is 36.6 Å². The molecule has 33 heavy (non-hydrogen) atoms. The van der Waals surface area contributed by atoms with Crippen LogP contribution < -0.4 is 20.5 Å². The fraction of sp³-hybridized carbons (Fsp3) is 0.200. The van der Waals surface area contributed by atoms with E-state index in [0.29, 0.717) is 18.8 Å². The molecule has 0 aliphatic rings. The monoisotopic (exact) mass is 442 g/mol. The summed E-state index contributed by atoms with van der Waals surface area (Å²) in [7, 11) is 0. The minimum atomic E-state index is -0.163. The summed E-state index contributed by atoms with van der Waals surface area (Å²) in [5.41, 5.74) is 5.31. The highest BCUT2D eigenvalue weighted by Crippen LogP contribution is 2.29. The Morgan fingerprint density at radius 3 is 2.61 bits per heavy atom. The van der Waals surface area contributed by atoms with E-state index in [2.05, 4.69) is 20.7 Å². The van der Waals surface area contributed by atoms with Crippen molar-refractivity contribution < 1.29 is 9.53 Å². The van der Waals surface area contributed by atoms with Gasteiger partial charge in [-0.3, -0.25) is 14.8 Å². The van der Waals surface area contributed by atoms with E-state index in [1.165, 1.54) is 5.01 Å². The van der Waals surface area contributed by atoms with Gasteiger partial charge in [0.25, 0.3) is 5.91 Å². The number of amides is 1. The van der Waals surface area contributed by atoms with Crippen LogP contribution in [0, 0.1) is 11.5 Å². The molecule has 0 saturated carbocycles. The SMILES string of the molecule is N#CNN(/C=N\CCCCNC(=O)COc1ccccc1-c1ccccc1)c1ccncc1. The summed E-state index contributed by atoms with van der Waals surface area (Å²) in [6.45, 7) is 1.08. The zero-order valence-electron chi connectivity index (χ0n) is 18.2. The van der Waals surface area contributed by atoms with E-state index in [9.17, 15) is 4.79 Å². The van der Waals surface area contributed by atoms with Crippen LogP contribution in [0.5, 0.6) is 5.75 Å². The molecule has 8 nitrogen and oxygen atoms in total. The number of aliphatic imine (C=N–C) groups is 1. The minimum absolute atomic E-state index is 0.0390. The Kier molecular flexibility index (Phi) is 9.26. The predicted octanol–water partition coefficient (Wildman–Crippen LogP) is 3.54. The number of carbonyl (C=O) groups is 1. The Bertz CT molecular complexity index is 1070. The third-order valence-corrected chi connectivity index (χ3v) is 4.68. The molecule has 0 bridgehead atoms. The molecule has 0 unspecified atom stereocenters. The number of aromatic nitrogens is 1. The van der Waals surface area contributed by atoms with Gasteiger partial charge in [-0.2, -0.15) is 5.26 Å². The Morgan fingerprint density at radius 1 is 1.06 bits per heavy atom. The van der Waals surface area contributed by atoms with Gasteiger partial charge < -0.3 is 10.1 Å². The van der Waals surface area contributed by atoms with Crippen molar-refractivity contribution in [2.24, 2.45) is 4.99 Å². The molecule has 1 amide bonds. The maximum absolute atomic E-state index is 12.2. The molecule has 2 aromatic carbocycles. The van der Waals surface area contributed by atoms with Crippen molar-refractivity contribution in [1.29, 1.82) is 5.26 Å². The summed E-state index contributed by atoms with van der Waals surface area (Å²) in [4.78, 5) is 20.4. The first-order valence-electron chi connectivity index (χ1n) is 10.7. The fourth-order valence-electron chi connectivity index (χ4n) is 3.06. The number of para-hydroxylation sites is 1. The third-order valence-electron chi connectivity index (χ3n) is 4.68. The number of rotatable bonds is 12. The summed E-state index contributed by atoms with van der Waals surface area (Å²) in [6, 6.07) is 21.2. The minimum Gasteiger partial charge on any atom is -0.483 e. The number of pyridine rings is 1. The maximum Gasteiger partial charge on any atom is 0.257 e. The molecule has 3 aromatic rings. The number of carbonyl (C=O) groups excluding carboxylic acids is 1. The van der Waals surface area contributed by atoms with Gasteiger partial charge in [0.1, 0.15) is 12.1 Å². The van der Waals surface area contributed by atoms with Crippen LogP contribution in [0.25, 0.3) is 11.1 Å². The van der Waals surface area contributed by atoms with Crippen molar-refractivity contribution in [3.05, 3.63) is 79.1 Å². The number of hydrogen-bond acceptors (Lipinski definition) is 6. The molecular formula is C25H26N6O2. The zero-order chi connectivity index (χ0) is 23.1. The largest absolute Gasteiger partial charge is 0.483 e. The quantitative estimate of drug-likeness (QED) is 0.111. The van der Waals surface area contributed by atoms with Crippen molar-refractivity contribution in [3.8, 4) is 23.1 Å². The average Bonchev–Trinajstić information content (AvgIpc) is 2.87. The van der Waals surface area contributed by atoms with Gasteiger partial charge >= 0.3 is 0 Å². The Morgan fingerprint density at radius 2 is 1.82 bits per heavy atom. The molecule has 168 valence electrons. The highest BCUT2D eigenvalue weighted by Gasteiger charge is 2.08. The number of nitriles is 1. The summed E-state index contributed by atoms with van der Waals surface area (Å²) < 4.78 is 5.76. The average molecular weight is 443 g/mol. The lowest BCUT2D eigenvalue weighted by Gasteiger charge is -2.15. The topological polar surface area (TPSA) is 103 Å². The molecule has 2 N–H and O–H groups in total. The van der Waals surface area contributed by atoms with E-state index >= 15 is 0 Å². The molecular weight excluding hydrogens is 416 g/mol. The molecule has 3 rings (SSSR count). The van der Waals surface area contributed by atoms with Crippen LogP contribution >= 0.6 is 0 Å². The number of nitrogens with zero attached hydrogens (tertiary/aromatic N) is 4. The van der Waals surface area contributed by atoms with E-state index in [1.54, 1.807) is 30.9 Å². The first-order valence-corrected chi connectivity index (χ1v) is 10.7. The van der Waals surface area contributed by atoms with E-state index in [1.807, 2.05) is 60.8 Å². The van der Waals surface area contributed by atoms with Crippen LogP contribution in [0.3, 0.4) is 0 Å². The lowest BCUT2D eigenvalue weighted by molar-refractivity contribution is -0.123. The van der Waals surface area contributed by atoms with Gasteiger partial charge in [-0.15, -0.1) is 0 Å². The summed E-state index contributed by atoms with van der Waals surface area (Å²) in [5, 5.41) is 13.3. The van der Waals surface area contributed by atoms with Gasteiger partial charge in [-0.1, -0.05) is 48.5 Å². The molecule has 0 aliphatic carbocycles. The Labute approximate surface area is 193 Å². The number of nitrogens with one attached hydrogen (secondary N) is 2. The lowest BCUT2D eigenvalue weighted by atomic mass is 10.1. The second-order valence-electron chi connectivity index (χ2n) is 7.03. The fourth-order valence-corrected chi connectivity index (χ4v) is 3.06. The molecule has 1 aromatic heterocycles. The van der Waals surface area contributed by atoms with Gasteiger partial charge in [0.05, 0.1) is 5.69 Å². The zero-order valence-corrected chi connectivity index (χ0v) is 18.2. The maximum atomic E-state index is 12.2. The standard InChI is InChI=1S/C25H26N6O2/c26-19-30-31(22-12-16-27-17-13-22)20-28-14-6-7-15-29-25(32)18-33-24-11-5-4-10-23(24)21-8-2-1-3-9-21/h1-5,8-13,16-17,20,30H,6-7,14-15,18H2,(H,29,32)/b28-20-. The molecule has 1 heterocycles. The number of ether oxygens (including phenoxy) is 1. The molecule has 0 radical (unpaired) electrons. The van der Waals surface area contributed by atoms with Crippen molar-refractivity contribution in [3.63, 3.8) is 0 Å². The smallest absolute Gasteiger partial charge is 0.257 e. The second-order valence-corrected chi connectivity index (χ2v) is 7.03. The van der Waals surface area contributed by atoms with Gasteiger partial charge in [-0.25, -0.2) is 10.4 Å². The number of unbranched alkanes of at least 4 members (excludes halogenated alkanes) is 1. The lowest BCUT2D eigenvalue weighted by Crippen LogP contribution is -2.33. The Balaban J connectivity index is 1.35. The van der Waals surface area contributed by atoms with Crippen LogP contribution in [-0.4, -0.2) is 36.9 Å². The number of hydrogen-bond donors (Lipinski definition) is 2. The second kappa shape index (κ2) is 13.1. The predicted molar refractivity (Wildman–Crippen MR) is 128 cm³/mol. The molecule has 0 aliphatic heterocycles. The first-order chi connectivity index (χ1) is 16.3. The Hall–Kier alpha value is -4.38. The van der Waals surface area contributed by atoms with Crippen molar-refractivity contribution in [1.82, 2.24) is 15.7 Å². The van der Waals surface area contributed by atoms with Crippen LogP contribution in [0.2, 0.25) is 0 Å². The van der Waals surface area contributed by atoms with E-state index in [-0.39, 0.29) is 12.5 Å². The summed E-state index contributed by atoms with van der Waals surface area (Å²) in [6.07, 6.45) is 8.31. The third kappa shape index (κ3) is 7.67. The molecule has 0 saturated heterocycles. The van der Waals surface area contributed by atoms with E-state index in [0.717, 1.165) is 29.7 Å². The number of hydrazine groups is 1. The first kappa shape index (κ1) is 23.3. The van der Waals surface area contributed by atoms with Gasteiger partial charge in [0, 0.05) is 31.0 Å². The number of anilines is 1. The van der Waals surface area contributed by atoms with Gasteiger partial charge in [0.2, 0.25) is 0 Å². The molecule has 0 fully saturated rings. The summed E-state index contributed by atoms with van der Waals surface area (Å²) >= 11 is 0. The van der Waals surface area contributed by atoms with Crippen LogP contribution in [0.15, 0.2) is 84.1 Å². The van der Waals surface area contributed by atoms with E-state index < -0.39 is 0 Å². The molecule has 8 heteroatoms. The van der Waals surface area contributed by atoms with Gasteiger partial charge in [0.15, 0.2) is 12.8 Å². The molecule has 0 atom stereocenters. The highest BCUT2D eigenvalue weighted by molar-refractivity contribution is 5.78. The van der Waals surface area contributed by atoms with Crippen molar-refractivity contribution in [2.75, 3.05) is 24.7 Å². The van der Waals surface area contributed by atoms with Crippen LogP contribution in [0.1, 0.15) is 12.8 Å². The van der Waals surface area contributed by atoms with Crippen LogP contribution in [0.4, 0.5) is 5.69 Å². The highest BCUT2D eigenvalue weighted by atomic mass is 16.5. The summed E-state index contributed by atoms with van der Waals surface area (Å²) in [5.74, 6) is 0.515. The van der Waals surface area contributed by atoms with Crippen molar-refractivity contribution >= 4 is 17.9 Å². The van der Waals surface area contributed by atoms with E-state index in [4.69, 9.17) is 10.00 Å².